The summed E-state index contributed by atoms with van der Waals surface area (Å²) < 4.78 is 16.3. The Morgan fingerprint density at radius 1 is 1.32 bits per heavy atom. The first-order valence-electron chi connectivity index (χ1n) is 8.26. The Kier molecular flexibility index (Phi) is 6.25. The number of hydrogen-bond donors (Lipinski definition) is 1. The first-order valence-corrected chi connectivity index (χ1v) is 8.26. The number of benzene rings is 1. The molecule has 0 aliphatic carbocycles. The van der Waals surface area contributed by atoms with Gasteiger partial charge in [0.2, 0.25) is 0 Å². The second-order valence-corrected chi connectivity index (χ2v) is 6.33. The van der Waals surface area contributed by atoms with Crippen LogP contribution in [0.5, 0.6) is 11.5 Å². The lowest BCUT2D eigenvalue weighted by molar-refractivity contribution is -0.137. The number of carbonyl (C=O) groups excluding carboxylic acids is 1. The lowest BCUT2D eigenvalue weighted by atomic mass is 10.1. The maximum Gasteiger partial charge on any atom is 0.305 e. The molecular formula is C18H25NO6. The van der Waals surface area contributed by atoms with Crippen molar-refractivity contribution >= 4 is 11.9 Å². The molecule has 0 spiro atoms. The zero-order valence-electron chi connectivity index (χ0n) is 15.0. The van der Waals surface area contributed by atoms with E-state index in [0.29, 0.717) is 30.0 Å². The first-order chi connectivity index (χ1) is 11.8. The van der Waals surface area contributed by atoms with Crippen molar-refractivity contribution in [3.63, 3.8) is 0 Å². The highest BCUT2D eigenvalue weighted by molar-refractivity contribution is 5.97. The van der Waals surface area contributed by atoms with Crippen LogP contribution < -0.4 is 9.47 Å². The quantitative estimate of drug-likeness (QED) is 0.810. The lowest BCUT2D eigenvalue weighted by Crippen LogP contribution is -2.37. The predicted octanol–water partition coefficient (Wildman–Crippen LogP) is 2.19. The molecule has 2 atom stereocenters. The number of hydrogen-bond acceptors (Lipinski definition) is 5. The SMILES string of the molecule is COc1ccc(C(=O)N2CC(OC)CC2CC(=O)O)c(OC(C)C)c1. The number of amides is 1. The second kappa shape index (κ2) is 8.20. The van der Waals surface area contributed by atoms with Crippen LogP contribution in [0.25, 0.3) is 0 Å². The van der Waals surface area contributed by atoms with Gasteiger partial charge in [-0.25, -0.2) is 0 Å². The number of carbonyl (C=O) groups is 2. The van der Waals surface area contributed by atoms with E-state index in [1.807, 2.05) is 13.8 Å². The van der Waals surface area contributed by atoms with E-state index in [1.165, 1.54) is 0 Å². The van der Waals surface area contributed by atoms with Crippen LogP contribution in [0.4, 0.5) is 0 Å². The molecule has 2 rings (SSSR count). The summed E-state index contributed by atoms with van der Waals surface area (Å²) in [6.45, 7) is 4.11. The molecule has 2 unspecified atom stereocenters. The van der Waals surface area contributed by atoms with Gasteiger partial charge in [0.25, 0.3) is 5.91 Å². The number of aliphatic carboxylic acids is 1. The molecule has 1 aromatic rings. The summed E-state index contributed by atoms with van der Waals surface area (Å²) in [7, 11) is 3.11. The van der Waals surface area contributed by atoms with Crippen molar-refractivity contribution in [3.8, 4) is 11.5 Å². The van der Waals surface area contributed by atoms with Crippen LogP contribution in [0.1, 0.15) is 37.0 Å². The van der Waals surface area contributed by atoms with E-state index in [9.17, 15) is 9.59 Å². The summed E-state index contributed by atoms with van der Waals surface area (Å²) in [4.78, 5) is 25.8. The third-order valence-corrected chi connectivity index (χ3v) is 4.16. The monoisotopic (exact) mass is 351 g/mol. The Balaban J connectivity index is 2.32. The normalized spacial score (nSPS) is 20.0. The molecule has 0 saturated carbocycles. The number of nitrogens with zero attached hydrogens (tertiary/aromatic N) is 1. The first kappa shape index (κ1) is 19.1. The summed E-state index contributed by atoms with van der Waals surface area (Å²) in [6, 6.07) is 4.61. The summed E-state index contributed by atoms with van der Waals surface area (Å²) in [5.41, 5.74) is 0.390. The van der Waals surface area contributed by atoms with Gasteiger partial charge in [-0.2, -0.15) is 0 Å². The van der Waals surface area contributed by atoms with Gasteiger partial charge in [-0.1, -0.05) is 0 Å². The van der Waals surface area contributed by atoms with Gasteiger partial charge in [0.1, 0.15) is 11.5 Å². The Hall–Kier alpha value is -2.28. The van der Waals surface area contributed by atoms with E-state index >= 15 is 0 Å². The molecule has 25 heavy (non-hydrogen) atoms. The van der Waals surface area contributed by atoms with E-state index in [4.69, 9.17) is 19.3 Å². The molecule has 1 N–H and O–H groups in total. The van der Waals surface area contributed by atoms with Gasteiger partial charge < -0.3 is 24.2 Å². The summed E-state index contributed by atoms with van der Waals surface area (Å²) in [5, 5.41) is 9.12. The van der Waals surface area contributed by atoms with Gasteiger partial charge >= 0.3 is 5.97 Å². The molecule has 1 heterocycles. The van der Waals surface area contributed by atoms with Crippen molar-refractivity contribution in [1.29, 1.82) is 0 Å². The number of carboxylic acid groups (broad SMARTS) is 1. The van der Waals surface area contributed by atoms with Crippen molar-refractivity contribution in [3.05, 3.63) is 23.8 Å². The van der Waals surface area contributed by atoms with Crippen molar-refractivity contribution in [2.45, 2.75) is 44.9 Å². The van der Waals surface area contributed by atoms with E-state index < -0.39 is 12.0 Å². The van der Waals surface area contributed by atoms with Crippen LogP contribution in [0.2, 0.25) is 0 Å². The number of rotatable bonds is 7. The molecule has 0 bridgehead atoms. The zero-order chi connectivity index (χ0) is 18.6. The molecule has 0 aromatic heterocycles. The van der Waals surface area contributed by atoms with Crippen LogP contribution in [0.3, 0.4) is 0 Å². The molecule has 7 nitrogen and oxygen atoms in total. The van der Waals surface area contributed by atoms with Gasteiger partial charge in [0.05, 0.1) is 31.3 Å². The van der Waals surface area contributed by atoms with E-state index in [2.05, 4.69) is 0 Å². The summed E-state index contributed by atoms with van der Waals surface area (Å²) >= 11 is 0. The van der Waals surface area contributed by atoms with Crippen molar-refractivity contribution in [2.75, 3.05) is 20.8 Å². The lowest BCUT2D eigenvalue weighted by Gasteiger charge is -2.25. The molecule has 1 saturated heterocycles. The highest BCUT2D eigenvalue weighted by Gasteiger charge is 2.37. The average molecular weight is 351 g/mol. The number of likely N-dealkylation sites (tertiary alicyclic amines) is 1. The van der Waals surface area contributed by atoms with Gasteiger partial charge in [0, 0.05) is 25.8 Å². The fourth-order valence-corrected chi connectivity index (χ4v) is 3.00. The second-order valence-electron chi connectivity index (χ2n) is 6.33. The fourth-order valence-electron chi connectivity index (χ4n) is 3.00. The predicted molar refractivity (Wildman–Crippen MR) is 91.2 cm³/mol. The topological polar surface area (TPSA) is 85.3 Å². The fraction of sp³-hybridized carbons (Fsp3) is 0.556. The highest BCUT2D eigenvalue weighted by Crippen LogP contribution is 2.31. The van der Waals surface area contributed by atoms with Crippen LogP contribution in [0.15, 0.2) is 18.2 Å². The molecule has 1 amide bonds. The molecule has 7 heteroatoms. The van der Waals surface area contributed by atoms with Gasteiger partial charge in [-0.3, -0.25) is 9.59 Å². The van der Waals surface area contributed by atoms with Crippen molar-refractivity contribution < 1.29 is 28.9 Å². The number of methoxy groups -OCH3 is 2. The smallest absolute Gasteiger partial charge is 0.305 e. The molecule has 138 valence electrons. The summed E-state index contributed by atoms with van der Waals surface area (Å²) in [5.74, 6) is -0.184. The van der Waals surface area contributed by atoms with E-state index in [0.717, 1.165) is 0 Å². The van der Waals surface area contributed by atoms with Crippen molar-refractivity contribution in [2.24, 2.45) is 0 Å². The van der Waals surface area contributed by atoms with E-state index in [-0.39, 0.29) is 24.5 Å². The minimum Gasteiger partial charge on any atom is -0.497 e. The molecule has 1 aliphatic heterocycles. The Labute approximate surface area is 147 Å². The van der Waals surface area contributed by atoms with Crippen LogP contribution >= 0.6 is 0 Å². The third-order valence-electron chi connectivity index (χ3n) is 4.16. The molecule has 0 radical (unpaired) electrons. The molecule has 1 fully saturated rings. The van der Waals surface area contributed by atoms with Gasteiger partial charge in [-0.15, -0.1) is 0 Å². The number of ether oxygens (including phenoxy) is 3. The molecule has 1 aromatic carbocycles. The van der Waals surface area contributed by atoms with Crippen LogP contribution in [-0.4, -0.2) is 60.9 Å². The maximum absolute atomic E-state index is 13.1. The zero-order valence-corrected chi connectivity index (χ0v) is 15.0. The molecular weight excluding hydrogens is 326 g/mol. The van der Waals surface area contributed by atoms with E-state index in [1.54, 1.807) is 37.3 Å². The molecule has 1 aliphatic rings. The van der Waals surface area contributed by atoms with Gasteiger partial charge in [0.15, 0.2) is 0 Å². The minimum absolute atomic E-state index is 0.109. The maximum atomic E-state index is 13.1. The third kappa shape index (κ3) is 4.63. The summed E-state index contributed by atoms with van der Waals surface area (Å²) in [6.07, 6.45) is 0.118. The number of carboxylic acids is 1. The van der Waals surface area contributed by atoms with Gasteiger partial charge in [-0.05, 0) is 32.4 Å². The Bertz CT molecular complexity index is 630. The Morgan fingerprint density at radius 3 is 2.60 bits per heavy atom. The van der Waals surface area contributed by atoms with Crippen molar-refractivity contribution in [1.82, 2.24) is 4.90 Å². The van der Waals surface area contributed by atoms with Crippen LogP contribution in [0, 0.1) is 0 Å². The standard InChI is InChI=1S/C18H25NO6/c1-11(2)25-16-9-13(23-3)5-6-15(16)18(22)19-10-14(24-4)7-12(19)8-17(20)21/h5-6,9,11-12,14H,7-8,10H2,1-4H3,(H,20,21). The van der Waals surface area contributed by atoms with Crippen LogP contribution in [-0.2, 0) is 9.53 Å². The Morgan fingerprint density at radius 2 is 2.04 bits per heavy atom. The highest BCUT2D eigenvalue weighted by atomic mass is 16.5. The minimum atomic E-state index is -0.937. The largest absolute Gasteiger partial charge is 0.497 e. The average Bonchev–Trinajstić information content (AvgIpc) is 2.95.